The Hall–Kier alpha value is -0.840. The number of furan rings is 1. The van der Waals surface area contributed by atoms with Gasteiger partial charge in [0, 0.05) is 12.1 Å². The van der Waals surface area contributed by atoms with Gasteiger partial charge in [-0.05, 0) is 57.6 Å². The number of likely N-dealkylation sites (N-methyl/N-ethyl adjacent to an activating group) is 1. The number of rotatable bonds is 6. The van der Waals surface area contributed by atoms with E-state index in [2.05, 4.69) is 29.7 Å². The van der Waals surface area contributed by atoms with Crippen molar-refractivity contribution in [1.29, 1.82) is 0 Å². The van der Waals surface area contributed by atoms with Gasteiger partial charge >= 0.3 is 0 Å². The van der Waals surface area contributed by atoms with Crippen LogP contribution in [0.3, 0.4) is 0 Å². The van der Waals surface area contributed by atoms with E-state index in [1.807, 2.05) is 6.07 Å². The zero-order valence-electron chi connectivity index (χ0n) is 13.0. The summed E-state index contributed by atoms with van der Waals surface area (Å²) in [7, 11) is 0. The van der Waals surface area contributed by atoms with Crippen LogP contribution in [0.25, 0.3) is 0 Å². The molecule has 0 saturated carbocycles. The standard InChI is InChI=1S/C16H29N3O/c1-3-18-10-6-8-16(14-17,9-11-18)19(4-2)13-15-7-5-12-20-15/h5,7,12H,3-4,6,8-11,13-14,17H2,1-2H3. The van der Waals surface area contributed by atoms with E-state index < -0.39 is 0 Å². The summed E-state index contributed by atoms with van der Waals surface area (Å²) >= 11 is 0. The number of nitrogens with two attached hydrogens (primary N) is 1. The first kappa shape index (κ1) is 15.5. The highest BCUT2D eigenvalue weighted by atomic mass is 16.3. The predicted octanol–water partition coefficient (Wildman–Crippen LogP) is 2.30. The second-order valence-electron chi connectivity index (χ2n) is 5.81. The molecule has 1 aliphatic heterocycles. The Labute approximate surface area is 122 Å². The van der Waals surface area contributed by atoms with Crippen molar-refractivity contribution in [3.63, 3.8) is 0 Å². The summed E-state index contributed by atoms with van der Waals surface area (Å²) < 4.78 is 5.53. The quantitative estimate of drug-likeness (QED) is 0.868. The average molecular weight is 279 g/mol. The van der Waals surface area contributed by atoms with E-state index in [1.54, 1.807) is 6.26 Å². The van der Waals surface area contributed by atoms with Crippen molar-refractivity contribution >= 4 is 0 Å². The monoisotopic (exact) mass is 279 g/mol. The van der Waals surface area contributed by atoms with Gasteiger partial charge < -0.3 is 15.1 Å². The molecule has 0 spiro atoms. The summed E-state index contributed by atoms with van der Waals surface area (Å²) in [5.74, 6) is 1.04. The molecule has 20 heavy (non-hydrogen) atoms. The SMILES string of the molecule is CCN1CCCC(CN)(N(CC)Cc2ccco2)CC1. The minimum Gasteiger partial charge on any atom is -0.468 e. The number of hydrogen-bond acceptors (Lipinski definition) is 4. The van der Waals surface area contributed by atoms with E-state index >= 15 is 0 Å². The minimum atomic E-state index is 0.130. The van der Waals surface area contributed by atoms with Crippen LogP contribution in [0, 0.1) is 0 Å². The lowest BCUT2D eigenvalue weighted by Crippen LogP contribution is -2.53. The average Bonchev–Trinajstić information content (AvgIpc) is 2.90. The fourth-order valence-electron chi connectivity index (χ4n) is 3.41. The van der Waals surface area contributed by atoms with Gasteiger partial charge in [-0.1, -0.05) is 13.8 Å². The summed E-state index contributed by atoms with van der Waals surface area (Å²) in [5, 5.41) is 0. The van der Waals surface area contributed by atoms with Crippen molar-refractivity contribution < 1.29 is 4.42 Å². The summed E-state index contributed by atoms with van der Waals surface area (Å²) in [5.41, 5.74) is 6.34. The third-order valence-electron chi connectivity index (χ3n) is 4.82. The lowest BCUT2D eigenvalue weighted by molar-refractivity contribution is 0.0689. The maximum Gasteiger partial charge on any atom is 0.117 e. The summed E-state index contributed by atoms with van der Waals surface area (Å²) in [6.07, 6.45) is 5.34. The van der Waals surface area contributed by atoms with E-state index in [-0.39, 0.29) is 5.54 Å². The normalized spacial score (nSPS) is 25.0. The van der Waals surface area contributed by atoms with Gasteiger partial charge in [0.05, 0.1) is 12.8 Å². The lowest BCUT2D eigenvalue weighted by Gasteiger charge is -2.42. The Bertz CT molecular complexity index is 379. The zero-order valence-corrected chi connectivity index (χ0v) is 13.0. The molecule has 1 unspecified atom stereocenters. The Morgan fingerprint density at radius 3 is 2.80 bits per heavy atom. The fraction of sp³-hybridized carbons (Fsp3) is 0.750. The first-order valence-electron chi connectivity index (χ1n) is 7.94. The molecule has 4 heteroatoms. The van der Waals surface area contributed by atoms with E-state index in [1.165, 1.54) is 19.4 Å². The highest BCUT2D eigenvalue weighted by Gasteiger charge is 2.36. The van der Waals surface area contributed by atoms with Gasteiger partial charge in [-0.15, -0.1) is 0 Å². The van der Waals surface area contributed by atoms with Crippen LogP contribution < -0.4 is 5.73 Å². The smallest absolute Gasteiger partial charge is 0.117 e. The zero-order chi connectivity index (χ0) is 14.4. The maximum absolute atomic E-state index is 6.21. The molecule has 2 N–H and O–H groups in total. The molecule has 2 heterocycles. The van der Waals surface area contributed by atoms with Gasteiger partial charge in [0.2, 0.25) is 0 Å². The van der Waals surface area contributed by atoms with Crippen LogP contribution in [-0.4, -0.2) is 48.1 Å². The van der Waals surface area contributed by atoms with E-state index in [9.17, 15) is 0 Å². The molecule has 0 aromatic carbocycles. The van der Waals surface area contributed by atoms with Crippen molar-refractivity contribution in [2.45, 2.75) is 45.2 Å². The molecule has 1 aromatic heterocycles. The Morgan fingerprint density at radius 1 is 1.35 bits per heavy atom. The van der Waals surface area contributed by atoms with Gasteiger partial charge in [0.1, 0.15) is 5.76 Å². The first-order chi connectivity index (χ1) is 9.74. The molecule has 1 atom stereocenters. The molecule has 2 rings (SSSR count). The first-order valence-corrected chi connectivity index (χ1v) is 7.94. The molecule has 1 aliphatic rings. The summed E-state index contributed by atoms with van der Waals surface area (Å²) in [4.78, 5) is 5.06. The molecule has 1 saturated heterocycles. The second-order valence-corrected chi connectivity index (χ2v) is 5.81. The number of nitrogens with zero attached hydrogens (tertiary/aromatic N) is 2. The van der Waals surface area contributed by atoms with Crippen molar-refractivity contribution in [2.75, 3.05) is 32.7 Å². The van der Waals surface area contributed by atoms with Crippen LogP contribution >= 0.6 is 0 Å². The highest BCUT2D eigenvalue weighted by Crippen LogP contribution is 2.29. The van der Waals surface area contributed by atoms with E-state index in [0.717, 1.165) is 44.9 Å². The van der Waals surface area contributed by atoms with Crippen molar-refractivity contribution in [1.82, 2.24) is 9.80 Å². The topological polar surface area (TPSA) is 45.6 Å². The molecule has 1 aromatic rings. The third kappa shape index (κ3) is 3.43. The molecule has 0 amide bonds. The van der Waals surface area contributed by atoms with Crippen molar-refractivity contribution in [3.8, 4) is 0 Å². The van der Waals surface area contributed by atoms with Crippen LogP contribution in [0.1, 0.15) is 38.9 Å². The summed E-state index contributed by atoms with van der Waals surface area (Å²) in [6.45, 7) is 10.6. The van der Waals surface area contributed by atoms with Gasteiger partial charge in [-0.2, -0.15) is 0 Å². The lowest BCUT2D eigenvalue weighted by atomic mass is 9.88. The second kappa shape index (κ2) is 7.25. The minimum absolute atomic E-state index is 0.130. The van der Waals surface area contributed by atoms with E-state index in [4.69, 9.17) is 10.2 Å². The Balaban J connectivity index is 2.10. The third-order valence-corrected chi connectivity index (χ3v) is 4.82. The van der Waals surface area contributed by atoms with Crippen LogP contribution in [0.15, 0.2) is 22.8 Å². The maximum atomic E-state index is 6.21. The fourth-order valence-corrected chi connectivity index (χ4v) is 3.41. The molecule has 1 fully saturated rings. The molecule has 0 aliphatic carbocycles. The molecular formula is C16H29N3O. The predicted molar refractivity (Wildman–Crippen MR) is 82.5 cm³/mol. The van der Waals surface area contributed by atoms with Gasteiger partial charge in [0.15, 0.2) is 0 Å². The van der Waals surface area contributed by atoms with Crippen LogP contribution in [-0.2, 0) is 6.54 Å². The van der Waals surface area contributed by atoms with E-state index in [0.29, 0.717) is 0 Å². The Kier molecular flexibility index (Phi) is 5.64. The number of hydrogen-bond donors (Lipinski definition) is 1. The number of likely N-dealkylation sites (tertiary alicyclic amines) is 1. The van der Waals surface area contributed by atoms with Gasteiger partial charge in [0.25, 0.3) is 0 Å². The van der Waals surface area contributed by atoms with Gasteiger partial charge in [-0.25, -0.2) is 0 Å². The molecule has 0 radical (unpaired) electrons. The molecule has 4 nitrogen and oxygen atoms in total. The van der Waals surface area contributed by atoms with Gasteiger partial charge in [-0.3, -0.25) is 4.90 Å². The Morgan fingerprint density at radius 2 is 2.20 bits per heavy atom. The highest BCUT2D eigenvalue weighted by molar-refractivity contribution is 5.02. The molecule has 114 valence electrons. The van der Waals surface area contributed by atoms with Crippen molar-refractivity contribution in [3.05, 3.63) is 24.2 Å². The largest absolute Gasteiger partial charge is 0.468 e. The molecule has 0 bridgehead atoms. The van der Waals surface area contributed by atoms with Crippen LogP contribution in [0.4, 0.5) is 0 Å². The molecular weight excluding hydrogens is 250 g/mol. The summed E-state index contributed by atoms with van der Waals surface area (Å²) in [6, 6.07) is 4.02. The van der Waals surface area contributed by atoms with Crippen molar-refractivity contribution in [2.24, 2.45) is 5.73 Å². The van der Waals surface area contributed by atoms with Crippen LogP contribution in [0.2, 0.25) is 0 Å². The van der Waals surface area contributed by atoms with Crippen LogP contribution in [0.5, 0.6) is 0 Å².